The van der Waals surface area contributed by atoms with Gasteiger partial charge in [-0.2, -0.15) is 0 Å². The van der Waals surface area contributed by atoms with Gasteiger partial charge in [-0.3, -0.25) is 0 Å². The normalized spacial score (nSPS) is 19.5. The summed E-state index contributed by atoms with van der Waals surface area (Å²) in [4.78, 5) is 4.75. The van der Waals surface area contributed by atoms with Crippen LogP contribution in [0.4, 0.5) is 5.69 Å². The number of rotatable bonds is 7. The van der Waals surface area contributed by atoms with E-state index >= 15 is 0 Å². The molecule has 1 unspecified atom stereocenters. The lowest BCUT2D eigenvalue weighted by atomic mass is 10.0. The maximum atomic E-state index is 11.8. The van der Waals surface area contributed by atoms with E-state index in [-0.39, 0.29) is 5.75 Å². The average molecular weight is 340 g/mol. The highest BCUT2D eigenvalue weighted by Crippen LogP contribution is 2.21. The minimum Gasteiger partial charge on any atom is -0.370 e. The fraction of sp³-hybridized carbons (Fsp3) is 0.647. The van der Waals surface area contributed by atoms with Gasteiger partial charge in [0, 0.05) is 38.9 Å². The molecule has 2 rings (SSSR count). The minimum absolute atomic E-state index is 0.222. The molecule has 1 heterocycles. The molecule has 1 aromatic rings. The van der Waals surface area contributed by atoms with Gasteiger partial charge in [0.05, 0.1) is 5.75 Å². The molecule has 0 N–H and O–H groups in total. The molecule has 0 aromatic heterocycles. The fourth-order valence-electron chi connectivity index (χ4n) is 3.05. The van der Waals surface area contributed by atoms with E-state index in [0.29, 0.717) is 12.5 Å². The van der Waals surface area contributed by atoms with Gasteiger partial charge in [0.25, 0.3) is 0 Å². The third kappa shape index (κ3) is 5.19. The van der Waals surface area contributed by atoms with Crippen LogP contribution in [0.15, 0.2) is 30.3 Å². The second-order valence-corrected chi connectivity index (χ2v) is 8.81. The summed E-state index contributed by atoms with van der Waals surface area (Å²) >= 11 is 0. The summed E-state index contributed by atoms with van der Waals surface area (Å²) in [6.45, 7) is 2.94. The van der Waals surface area contributed by atoms with Crippen LogP contribution in [0.1, 0.15) is 19.3 Å². The standard InChI is InChI=1S/C17H29N3O2S/c1-18(2)23(21,22)14-8-12-19(3)17-11-7-13-20(15-17)16-9-5-4-6-10-16/h4-6,9-10,17H,7-8,11-15H2,1-3H3. The van der Waals surface area contributed by atoms with Crippen molar-refractivity contribution in [3.63, 3.8) is 0 Å². The summed E-state index contributed by atoms with van der Waals surface area (Å²) < 4.78 is 25.0. The fourth-order valence-corrected chi connectivity index (χ4v) is 3.91. The maximum absolute atomic E-state index is 11.8. The summed E-state index contributed by atoms with van der Waals surface area (Å²) in [6, 6.07) is 11.0. The predicted molar refractivity (Wildman–Crippen MR) is 96.4 cm³/mol. The molecule has 0 bridgehead atoms. The maximum Gasteiger partial charge on any atom is 0.213 e. The van der Waals surface area contributed by atoms with Crippen molar-refractivity contribution in [3.05, 3.63) is 30.3 Å². The first kappa shape index (κ1) is 18.2. The lowest BCUT2D eigenvalue weighted by molar-refractivity contribution is 0.216. The zero-order chi connectivity index (χ0) is 16.9. The van der Waals surface area contributed by atoms with Crippen molar-refractivity contribution in [1.29, 1.82) is 0 Å². The Bertz CT molecular complexity index is 575. The van der Waals surface area contributed by atoms with Gasteiger partial charge in [0.2, 0.25) is 10.0 Å². The quantitative estimate of drug-likeness (QED) is 0.761. The van der Waals surface area contributed by atoms with E-state index < -0.39 is 10.0 Å². The Hall–Kier alpha value is -1.11. The van der Waals surface area contributed by atoms with Crippen molar-refractivity contribution in [2.45, 2.75) is 25.3 Å². The molecule has 5 nitrogen and oxygen atoms in total. The number of hydrogen-bond acceptors (Lipinski definition) is 4. The molecular weight excluding hydrogens is 310 g/mol. The third-order valence-corrected chi connectivity index (χ3v) is 6.53. The summed E-state index contributed by atoms with van der Waals surface area (Å²) in [6.07, 6.45) is 3.04. The Morgan fingerprint density at radius 1 is 1.17 bits per heavy atom. The highest BCUT2D eigenvalue weighted by atomic mass is 32.2. The first-order valence-electron chi connectivity index (χ1n) is 8.30. The zero-order valence-corrected chi connectivity index (χ0v) is 15.3. The first-order chi connectivity index (χ1) is 10.9. The molecule has 1 fully saturated rings. The lowest BCUT2D eigenvalue weighted by Gasteiger charge is -2.39. The molecule has 0 radical (unpaired) electrons. The average Bonchev–Trinajstić information content (AvgIpc) is 2.55. The van der Waals surface area contributed by atoms with Crippen LogP contribution >= 0.6 is 0 Å². The molecule has 0 amide bonds. The topological polar surface area (TPSA) is 43.9 Å². The van der Waals surface area contributed by atoms with Crippen LogP contribution in [0.5, 0.6) is 0 Å². The zero-order valence-electron chi connectivity index (χ0n) is 14.5. The monoisotopic (exact) mass is 339 g/mol. The minimum atomic E-state index is -3.08. The van der Waals surface area contributed by atoms with Crippen LogP contribution in [0.2, 0.25) is 0 Å². The summed E-state index contributed by atoms with van der Waals surface area (Å²) in [5, 5.41) is 0. The number of benzene rings is 1. The van der Waals surface area contributed by atoms with Gasteiger partial charge in [-0.15, -0.1) is 0 Å². The molecule has 130 valence electrons. The van der Waals surface area contributed by atoms with E-state index in [1.54, 1.807) is 14.1 Å². The molecular formula is C17H29N3O2S. The van der Waals surface area contributed by atoms with E-state index in [4.69, 9.17) is 0 Å². The molecule has 23 heavy (non-hydrogen) atoms. The van der Waals surface area contributed by atoms with Gasteiger partial charge in [-0.25, -0.2) is 12.7 Å². The predicted octanol–water partition coefficient (Wildman–Crippen LogP) is 1.87. The number of likely N-dealkylation sites (N-methyl/N-ethyl adjacent to an activating group) is 1. The van der Waals surface area contributed by atoms with Gasteiger partial charge >= 0.3 is 0 Å². The van der Waals surface area contributed by atoms with Gasteiger partial charge in [0.1, 0.15) is 0 Å². The highest BCUT2D eigenvalue weighted by molar-refractivity contribution is 7.89. The number of piperidine rings is 1. The Morgan fingerprint density at radius 3 is 2.52 bits per heavy atom. The van der Waals surface area contributed by atoms with Crippen molar-refractivity contribution in [2.75, 3.05) is 51.4 Å². The molecule has 1 aromatic carbocycles. The van der Waals surface area contributed by atoms with Gasteiger partial charge in [0.15, 0.2) is 0 Å². The second kappa shape index (κ2) is 8.13. The molecule has 0 aliphatic carbocycles. The Kier molecular flexibility index (Phi) is 6.44. The van der Waals surface area contributed by atoms with E-state index in [0.717, 1.165) is 19.6 Å². The van der Waals surface area contributed by atoms with E-state index in [2.05, 4.69) is 41.1 Å². The van der Waals surface area contributed by atoms with E-state index in [1.165, 1.54) is 22.8 Å². The van der Waals surface area contributed by atoms with Crippen molar-refractivity contribution < 1.29 is 8.42 Å². The van der Waals surface area contributed by atoms with Crippen LogP contribution in [-0.4, -0.2) is 70.2 Å². The Balaban J connectivity index is 1.84. The molecule has 1 aliphatic rings. The number of para-hydroxylation sites is 1. The van der Waals surface area contributed by atoms with Crippen LogP contribution in [0.25, 0.3) is 0 Å². The van der Waals surface area contributed by atoms with Gasteiger partial charge < -0.3 is 9.80 Å². The van der Waals surface area contributed by atoms with Crippen LogP contribution in [-0.2, 0) is 10.0 Å². The van der Waals surface area contributed by atoms with Crippen LogP contribution < -0.4 is 4.90 Å². The third-order valence-electron chi connectivity index (χ3n) is 4.61. The smallest absolute Gasteiger partial charge is 0.213 e. The lowest BCUT2D eigenvalue weighted by Crippen LogP contribution is -2.47. The van der Waals surface area contributed by atoms with E-state index in [9.17, 15) is 8.42 Å². The van der Waals surface area contributed by atoms with Crippen LogP contribution in [0.3, 0.4) is 0 Å². The first-order valence-corrected chi connectivity index (χ1v) is 9.91. The van der Waals surface area contributed by atoms with E-state index in [1.807, 2.05) is 6.07 Å². The molecule has 1 atom stereocenters. The molecule has 1 saturated heterocycles. The summed E-state index contributed by atoms with van der Waals surface area (Å²) in [5.74, 6) is 0.222. The van der Waals surface area contributed by atoms with Crippen molar-refractivity contribution >= 4 is 15.7 Å². The second-order valence-electron chi connectivity index (χ2n) is 6.51. The van der Waals surface area contributed by atoms with Gasteiger partial charge in [-0.05, 0) is 45.0 Å². The Labute approximate surface area is 140 Å². The molecule has 6 heteroatoms. The largest absolute Gasteiger partial charge is 0.370 e. The number of hydrogen-bond donors (Lipinski definition) is 0. The summed E-state index contributed by atoms with van der Waals surface area (Å²) in [7, 11) is 2.22. The summed E-state index contributed by atoms with van der Waals surface area (Å²) in [5.41, 5.74) is 1.28. The van der Waals surface area contributed by atoms with Crippen molar-refractivity contribution in [3.8, 4) is 0 Å². The van der Waals surface area contributed by atoms with Gasteiger partial charge in [-0.1, -0.05) is 18.2 Å². The van der Waals surface area contributed by atoms with Crippen molar-refractivity contribution in [2.24, 2.45) is 0 Å². The number of nitrogens with zero attached hydrogens (tertiary/aromatic N) is 3. The molecule has 0 saturated carbocycles. The van der Waals surface area contributed by atoms with Crippen LogP contribution in [0, 0.1) is 0 Å². The number of sulfonamides is 1. The Morgan fingerprint density at radius 2 is 1.87 bits per heavy atom. The molecule has 0 spiro atoms. The molecule has 1 aliphatic heterocycles. The number of anilines is 1. The SMILES string of the molecule is CN(CCCS(=O)(=O)N(C)C)C1CCCN(c2ccccc2)C1. The van der Waals surface area contributed by atoms with Crippen molar-refractivity contribution in [1.82, 2.24) is 9.21 Å². The highest BCUT2D eigenvalue weighted by Gasteiger charge is 2.23.